The average molecular weight is 252 g/mol. The second-order valence-electron chi connectivity index (χ2n) is 4.08. The van der Waals surface area contributed by atoms with E-state index in [1.807, 2.05) is 18.2 Å². The normalized spacial score (nSPS) is 17.1. The van der Waals surface area contributed by atoms with Gasteiger partial charge in [0.2, 0.25) is 5.78 Å². The Balaban J connectivity index is 2.39. The maximum absolute atomic E-state index is 11.9. The summed E-state index contributed by atoms with van der Waals surface area (Å²) in [4.78, 5) is 23.4. The Labute approximate surface area is 112 Å². The molecule has 1 unspecified atom stereocenters. The van der Waals surface area contributed by atoms with Crippen LogP contribution >= 0.6 is 0 Å². The summed E-state index contributed by atoms with van der Waals surface area (Å²) < 4.78 is 4.62. The zero-order chi connectivity index (χ0) is 13.7. The lowest BCUT2D eigenvalue weighted by molar-refractivity contribution is -0.148. The van der Waals surface area contributed by atoms with Gasteiger partial charge in [-0.15, -0.1) is 0 Å². The third kappa shape index (κ3) is 3.03. The van der Waals surface area contributed by atoms with Gasteiger partial charge >= 0.3 is 5.97 Å². The molecule has 0 amide bonds. The van der Waals surface area contributed by atoms with Crippen LogP contribution in [-0.2, 0) is 14.3 Å². The second kappa shape index (κ2) is 5.89. The molecule has 0 bridgehead atoms. The fourth-order valence-electron chi connectivity index (χ4n) is 1.79. The summed E-state index contributed by atoms with van der Waals surface area (Å²) in [5, 5.41) is 0. The van der Waals surface area contributed by atoms with Gasteiger partial charge in [0, 0.05) is 17.5 Å². The molecule has 1 aliphatic rings. The third-order valence-corrected chi connectivity index (χ3v) is 2.83. The van der Waals surface area contributed by atoms with Crippen molar-refractivity contribution in [2.24, 2.45) is 5.92 Å². The number of carbonyl (C=O) groups excluding carboxylic acids is 2. The van der Waals surface area contributed by atoms with E-state index < -0.39 is 17.7 Å². The summed E-state index contributed by atoms with van der Waals surface area (Å²) >= 11 is 0. The molecule has 1 aliphatic carbocycles. The molecule has 0 saturated carbocycles. The zero-order valence-electron chi connectivity index (χ0n) is 10.5. The zero-order valence-corrected chi connectivity index (χ0v) is 10.5. The number of fused-ring (bicyclic) bond motifs is 1. The van der Waals surface area contributed by atoms with Crippen molar-refractivity contribution in [2.75, 3.05) is 7.11 Å². The summed E-state index contributed by atoms with van der Waals surface area (Å²) in [6, 6.07) is 7.38. The van der Waals surface area contributed by atoms with Crippen molar-refractivity contribution >= 4 is 11.8 Å². The Kier molecular flexibility index (Phi) is 4.00. The van der Waals surface area contributed by atoms with Crippen LogP contribution in [0, 0.1) is 29.6 Å². The highest BCUT2D eigenvalue weighted by molar-refractivity contribution is 6.08. The van der Waals surface area contributed by atoms with Crippen LogP contribution in [0.3, 0.4) is 0 Å². The van der Waals surface area contributed by atoms with Gasteiger partial charge in [-0.05, 0) is 24.5 Å². The van der Waals surface area contributed by atoms with Crippen molar-refractivity contribution in [1.82, 2.24) is 0 Å². The standard InChI is InChI=1S/C16H12O3/c1-19-16(18)14-9-5-4-7-12-6-2-3-8-13(12)10-11-15(14)17/h2-3,6,8,14H,5,9H2,1H3. The number of ketones is 1. The van der Waals surface area contributed by atoms with Gasteiger partial charge in [0.1, 0.15) is 5.92 Å². The molecule has 0 radical (unpaired) electrons. The van der Waals surface area contributed by atoms with Gasteiger partial charge in [0.05, 0.1) is 7.11 Å². The number of rotatable bonds is 1. The van der Waals surface area contributed by atoms with Gasteiger partial charge in [-0.3, -0.25) is 9.59 Å². The number of hydrogen-bond acceptors (Lipinski definition) is 3. The van der Waals surface area contributed by atoms with Crippen LogP contribution in [0.5, 0.6) is 0 Å². The SMILES string of the molecule is COC(=O)C1CCC#Cc2ccccc2C#CC1=O. The fraction of sp³-hybridized carbons (Fsp3) is 0.250. The molecule has 1 aromatic carbocycles. The number of hydrogen-bond donors (Lipinski definition) is 0. The van der Waals surface area contributed by atoms with E-state index in [1.54, 1.807) is 6.07 Å². The predicted molar refractivity (Wildman–Crippen MR) is 69.9 cm³/mol. The second-order valence-corrected chi connectivity index (χ2v) is 4.08. The molecule has 3 nitrogen and oxygen atoms in total. The molecule has 0 heterocycles. The Morgan fingerprint density at radius 3 is 2.58 bits per heavy atom. The molecule has 0 saturated heterocycles. The average Bonchev–Trinajstić information content (AvgIpc) is 2.45. The number of benzene rings is 1. The van der Waals surface area contributed by atoms with E-state index in [0.29, 0.717) is 18.4 Å². The first kappa shape index (κ1) is 12.9. The Morgan fingerprint density at radius 2 is 1.89 bits per heavy atom. The molecular weight excluding hydrogens is 240 g/mol. The molecule has 94 valence electrons. The first-order valence-corrected chi connectivity index (χ1v) is 5.94. The topological polar surface area (TPSA) is 43.4 Å². The van der Waals surface area contributed by atoms with E-state index in [0.717, 1.165) is 5.56 Å². The molecule has 1 aromatic rings. The lowest BCUT2D eigenvalue weighted by Gasteiger charge is -2.08. The quantitative estimate of drug-likeness (QED) is 0.432. The Hall–Kier alpha value is -2.52. The van der Waals surface area contributed by atoms with E-state index in [1.165, 1.54) is 7.11 Å². The highest BCUT2D eigenvalue weighted by atomic mass is 16.5. The summed E-state index contributed by atoms with van der Waals surface area (Å²) in [6.45, 7) is 0. The number of esters is 1. The number of ether oxygens (including phenoxy) is 1. The number of Topliss-reactive ketones (excluding diaryl/α,β-unsaturated/α-hetero) is 1. The van der Waals surface area contributed by atoms with E-state index in [4.69, 9.17) is 0 Å². The minimum absolute atomic E-state index is 0.343. The van der Waals surface area contributed by atoms with E-state index in [9.17, 15) is 9.59 Å². The van der Waals surface area contributed by atoms with Crippen molar-refractivity contribution in [3.8, 4) is 23.7 Å². The molecule has 0 spiro atoms. The Morgan fingerprint density at radius 1 is 1.21 bits per heavy atom. The van der Waals surface area contributed by atoms with Gasteiger partial charge in [-0.2, -0.15) is 0 Å². The lowest BCUT2D eigenvalue weighted by Crippen LogP contribution is -2.24. The van der Waals surface area contributed by atoms with Crippen LogP contribution < -0.4 is 0 Å². The first-order chi connectivity index (χ1) is 9.22. The minimum atomic E-state index is -0.836. The molecule has 3 heteroatoms. The van der Waals surface area contributed by atoms with Gasteiger partial charge in [0.15, 0.2) is 0 Å². The highest BCUT2D eigenvalue weighted by Gasteiger charge is 2.25. The largest absolute Gasteiger partial charge is 0.468 e. The van der Waals surface area contributed by atoms with Crippen molar-refractivity contribution in [1.29, 1.82) is 0 Å². The maximum Gasteiger partial charge on any atom is 0.317 e. The van der Waals surface area contributed by atoms with Crippen LogP contribution in [0.25, 0.3) is 0 Å². The van der Waals surface area contributed by atoms with Gasteiger partial charge < -0.3 is 4.74 Å². The monoisotopic (exact) mass is 252 g/mol. The van der Waals surface area contributed by atoms with Crippen LogP contribution in [0.2, 0.25) is 0 Å². The molecule has 0 aromatic heterocycles. The van der Waals surface area contributed by atoms with Crippen LogP contribution in [-0.4, -0.2) is 18.9 Å². The van der Waals surface area contributed by atoms with Crippen molar-refractivity contribution in [2.45, 2.75) is 12.8 Å². The molecule has 0 fully saturated rings. The summed E-state index contributed by atoms with van der Waals surface area (Å²) in [6.07, 6.45) is 0.802. The minimum Gasteiger partial charge on any atom is -0.468 e. The molecule has 0 N–H and O–H groups in total. The van der Waals surface area contributed by atoms with Gasteiger partial charge in [-0.1, -0.05) is 29.9 Å². The van der Waals surface area contributed by atoms with Crippen LogP contribution in [0.15, 0.2) is 24.3 Å². The van der Waals surface area contributed by atoms with E-state index >= 15 is 0 Å². The molecule has 0 aliphatic heterocycles. The summed E-state index contributed by atoms with van der Waals surface area (Å²) in [5.74, 6) is 9.48. The van der Waals surface area contributed by atoms with Crippen LogP contribution in [0.1, 0.15) is 24.0 Å². The number of carbonyl (C=O) groups is 2. The molecular formula is C16H12O3. The van der Waals surface area contributed by atoms with Crippen molar-refractivity contribution < 1.29 is 14.3 Å². The van der Waals surface area contributed by atoms with Crippen molar-refractivity contribution in [3.63, 3.8) is 0 Å². The molecule has 2 rings (SSSR count). The van der Waals surface area contributed by atoms with Gasteiger partial charge in [-0.25, -0.2) is 0 Å². The summed E-state index contributed by atoms with van der Waals surface area (Å²) in [7, 11) is 1.27. The number of methoxy groups -OCH3 is 1. The fourth-order valence-corrected chi connectivity index (χ4v) is 1.79. The van der Waals surface area contributed by atoms with E-state index in [2.05, 4.69) is 28.4 Å². The third-order valence-electron chi connectivity index (χ3n) is 2.83. The van der Waals surface area contributed by atoms with E-state index in [-0.39, 0.29) is 0 Å². The predicted octanol–water partition coefficient (Wildman–Crippen LogP) is 1.54. The molecule has 1 atom stereocenters. The summed E-state index contributed by atoms with van der Waals surface area (Å²) in [5.41, 5.74) is 1.51. The molecule has 19 heavy (non-hydrogen) atoms. The maximum atomic E-state index is 11.9. The van der Waals surface area contributed by atoms with Crippen molar-refractivity contribution in [3.05, 3.63) is 35.4 Å². The smallest absolute Gasteiger partial charge is 0.317 e. The first-order valence-electron chi connectivity index (χ1n) is 5.94. The van der Waals surface area contributed by atoms with Gasteiger partial charge in [0.25, 0.3) is 0 Å². The van der Waals surface area contributed by atoms with Crippen LogP contribution in [0.4, 0.5) is 0 Å². The highest BCUT2D eigenvalue weighted by Crippen LogP contribution is 2.12. The lowest BCUT2D eigenvalue weighted by atomic mass is 9.97. The Bertz CT molecular complexity index is 635.